The number of carbonyl (C=O) groups is 2. The molecule has 0 aliphatic carbocycles. The van der Waals surface area contributed by atoms with Gasteiger partial charge in [-0.3, -0.25) is 9.69 Å². The first-order valence-corrected chi connectivity index (χ1v) is 16.2. The van der Waals surface area contributed by atoms with Crippen molar-refractivity contribution in [1.29, 1.82) is 0 Å². The lowest BCUT2D eigenvalue weighted by atomic mass is 10.0. The summed E-state index contributed by atoms with van der Waals surface area (Å²) in [5, 5.41) is 14.4. The van der Waals surface area contributed by atoms with E-state index >= 15 is 0 Å². The number of hydrogen-bond donors (Lipinski definition) is 2. The van der Waals surface area contributed by atoms with Crippen LogP contribution in [0.5, 0.6) is 5.75 Å². The quantitative estimate of drug-likeness (QED) is 0.264. The van der Waals surface area contributed by atoms with Gasteiger partial charge in [0, 0.05) is 19.6 Å². The van der Waals surface area contributed by atoms with Crippen LogP contribution in [-0.4, -0.2) is 79.7 Å². The summed E-state index contributed by atoms with van der Waals surface area (Å²) in [4.78, 5) is 27.5. The molecule has 0 spiro atoms. The van der Waals surface area contributed by atoms with Crippen molar-refractivity contribution >= 4 is 22.0 Å². The minimum atomic E-state index is -3.99. The third-order valence-electron chi connectivity index (χ3n) is 7.79. The van der Waals surface area contributed by atoms with Gasteiger partial charge in [-0.1, -0.05) is 80.9 Å². The molecule has 1 aliphatic rings. The molecule has 4 rings (SSSR count). The lowest BCUT2D eigenvalue weighted by Crippen LogP contribution is -2.53. The SMILES string of the molecule is CC[C@@H](C)CN(C[C@@H](O)[C@H](Cc1ccccc1)NC(=O)C1CN(Cc2ccccc2)C(=O)O1)S(=O)(=O)c1ccc(OC)cc1. The minimum absolute atomic E-state index is 0.0193. The van der Waals surface area contributed by atoms with Gasteiger partial charge in [-0.25, -0.2) is 13.2 Å². The van der Waals surface area contributed by atoms with Crippen LogP contribution in [0.25, 0.3) is 0 Å². The van der Waals surface area contributed by atoms with E-state index in [-0.39, 0.29) is 36.9 Å². The van der Waals surface area contributed by atoms with Crippen molar-refractivity contribution in [2.75, 3.05) is 26.7 Å². The van der Waals surface area contributed by atoms with Crippen molar-refractivity contribution in [1.82, 2.24) is 14.5 Å². The van der Waals surface area contributed by atoms with E-state index in [1.54, 1.807) is 12.1 Å². The van der Waals surface area contributed by atoms with Crippen LogP contribution in [0.15, 0.2) is 89.8 Å². The number of rotatable bonds is 15. The van der Waals surface area contributed by atoms with E-state index in [1.165, 1.54) is 28.4 Å². The zero-order valence-corrected chi connectivity index (χ0v) is 26.2. The number of ether oxygens (including phenoxy) is 2. The van der Waals surface area contributed by atoms with Gasteiger partial charge in [0.1, 0.15) is 5.75 Å². The van der Waals surface area contributed by atoms with Crippen LogP contribution in [0, 0.1) is 5.92 Å². The fraction of sp³-hybridized carbons (Fsp3) is 0.394. The lowest BCUT2D eigenvalue weighted by Gasteiger charge is -2.31. The molecule has 1 heterocycles. The molecule has 236 valence electrons. The summed E-state index contributed by atoms with van der Waals surface area (Å²) < 4.78 is 39.4. The molecule has 11 heteroatoms. The molecule has 2 amide bonds. The van der Waals surface area contributed by atoms with E-state index in [0.29, 0.717) is 12.3 Å². The summed E-state index contributed by atoms with van der Waals surface area (Å²) in [7, 11) is -2.49. The minimum Gasteiger partial charge on any atom is -0.497 e. The van der Waals surface area contributed by atoms with Crippen molar-refractivity contribution in [2.45, 2.75) is 56.4 Å². The predicted molar refractivity (Wildman–Crippen MR) is 166 cm³/mol. The number of cyclic esters (lactones) is 1. The number of sulfonamides is 1. The zero-order valence-electron chi connectivity index (χ0n) is 25.3. The van der Waals surface area contributed by atoms with Gasteiger partial charge in [0.05, 0.1) is 30.7 Å². The third kappa shape index (κ3) is 8.58. The number of nitrogens with one attached hydrogen (secondary N) is 1. The average molecular weight is 624 g/mol. The summed E-state index contributed by atoms with van der Waals surface area (Å²) >= 11 is 0. The highest BCUT2D eigenvalue weighted by Crippen LogP contribution is 2.23. The van der Waals surface area contributed by atoms with Gasteiger partial charge < -0.3 is 19.9 Å². The fourth-order valence-electron chi connectivity index (χ4n) is 4.98. The van der Waals surface area contributed by atoms with Crippen LogP contribution in [0.2, 0.25) is 0 Å². The molecule has 1 saturated heterocycles. The second-order valence-electron chi connectivity index (χ2n) is 11.1. The molecule has 1 aliphatic heterocycles. The summed E-state index contributed by atoms with van der Waals surface area (Å²) in [5.41, 5.74) is 1.75. The van der Waals surface area contributed by atoms with E-state index in [1.807, 2.05) is 74.5 Å². The third-order valence-corrected chi connectivity index (χ3v) is 9.63. The molecule has 4 atom stereocenters. The number of nitrogens with zero attached hydrogens (tertiary/aromatic N) is 2. The molecule has 1 unspecified atom stereocenters. The van der Waals surface area contributed by atoms with Crippen molar-refractivity contribution in [2.24, 2.45) is 5.92 Å². The van der Waals surface area contributed by atoms with Crippen LogP contribution >= 0.6 is 0 Å². The smallest absolute Gasteiger partial charge is 0.411 e. The van der Waals surface area contributed by atoms with Crippen LogP contribution in [-0.2, 0) is 32.5 Å². The van der Waals surface area contributed by atoms with Gasteiger partial charge in [0.15, 0.2) is 6.10 Å². The Labute approximate surface area is 259 Å². The molecular weight excluding hydrogens is 582 g/mol. The molecule has 0 radical (unpaired) electrons. The van der Waals surface area contributed by atoms with Crippen molar-refractivity contribution in [3.8, 4) is 5.75 Å². The molecular formula is C33H41N3O7S. The lowest BCUT2D eigenvalue weighted by molar-refractivity contribution is -0.129. The fourth-order valence-corrected chi connectivity index (χ4v) is 6.56. The Kier molecular flexibility index (Phi) is 11.4. The van der Waals surface area contributed by atoms with Crippen LogP contribution < -0.4 is 10.1 Å². The first-order chi connectivity index (χ1) is 21.1. The van der Waals surface area contributed by atoms with E-state index < -0.39 is 40.3 Å². The van der Waals surface area contributed by atoms with Gasteiger partial charge in [0.2, 0.25) is 10.0 Å². The number of aliphatic hydroxyl groups is 1. The topological polar surface area (TPSA) is 125 Å². The summed E-state index contributed by atoms with van der Waals surface area (Å²) in [6.45, 7) is 4.21. The molecule has 10 nitrogen and oxygen atoms in total. The molecule has 0 bridgehead atoms. The Balaban J connectivity index is 1.53. The monoisotopic (exact) mass is 623 g/mol. The Morgan fingerprint density at radius 1 is 1.02 bits per heavy atom. The van der Waals surface area contributed by atoms with E-state index in [9.17, 15) is 23.1 Å². The Morgan fingerprint density at radius 2 is 1.64 bits per heavy atom. The molecule has 0 aromatic heterocycles. The first kappa shape index (κ1) is 33.0. The van der Waals surface area contributed by atoms with Gasteiger partial charge in [-0.15, -0.1) is 0 Å². The Hall–Kier alpha value is -3.93. The Bertz CT molecular complexity index is 1470. The molecule has 2 N–H and O–H groups in total. The molecule has 3 aromatic carbocycles. The first-order valence-electron chi connectivity index (χ1n) is 14.8. The number of carbonyl (C=O) groups excluding carboxylic acids is 2. The number of hydrogen-bond acceptors (Lipinski definition) is 7. The Morgan fingerprint density at radius 3 is 2.23 bits per heavy atom. The standard InChI is InChI=1S/C33H41N3O7S/c1-4-24(2)20-36(44(40,41)28-17-15-27(42-3)16-18-28)22-30(37)29(19-25-11-7-5-8-12-25)34-32(38)31-23-35(33(39)43-31)21-26-13-9-6-10-14-26/h5-18,24,29-31,37H,4,19-23H2,1-3H3,(H,34,38)/t24-,29+,30-,31?/m1/s1. The zero-order chi connectivity index (χ0) is 31.7. The van der Waals surface area contributed by atoms with Crippen LogP contribution in [0.1, 0.15) is 31.4 Å². The maximum atomic E-state index is 13.8. The second-order valence-corrected chi connectivity index (χ2v) is 13.1. The largest absolute Gasteiger partial charge is 0.497 e. The highest BCUT2D eigenvalue weighted by molar-refractivity contribution is 7.89. The average Bonchev–Trinajstić information content (AvgIpc) is 3.40. The highest BCUT2D eigenvalue weighted by Gasteiger charge is 2.38. The van der Waals surface area contributed by atoms with E-state index in [4.69, 9.17) is 9.47 Å². The van der Waals surface area contributed by atoms with Crippen molar-refractivity contribution < 1.29 is 32.6 Å². The maximum absolute atomic E-state index is 13.8. The van der Waals surface area contributed by atoms with Crippen LogP contribution in [0.3, 0.4) is 0 Å². The molecule has 3 aromatic rings. The van der Waals surface area contributed by atoms with Gasteiger partial charge in [0.25, 0.3) is 5.91 Å². The normalized spacial score (nSPS) is 17.2. The number of amides is 2. The number of methoxy groups -OCH3 is 1. The summed E-state index contributed by atoms with van der Waals surface area (Å²) in [5.74, 6) is -0.00990. The van der Waals surface area contributed by atoms with Gasteiger partial charge in [-0.05, 0) is 47.7 Å². The van der Waals surface area contributed by atoms with Gasteiger partial charge in [-0.2, -0.15) is 4.31 Å². The number of aliphatic hydroxyl groups excluding tert-OH is 1. The van der Waals surface area contributed by atoms with Crippen molar-refractivity contribution in [3.63, 3.8) is 0 Å². The summed E-state index contributed by atoms with van der Waals surface area (Å²) in [6.07, 6.45) is -1.97. The predicted octanol–water partition coefficient (Wildman–Crippen LogP) is 3.84. The highest BCUT2D eigenvalue weighted by atomic mass is 32.2. The second kappa shape index (κ2) is 15.2. The molecule has 0 saturated carbocycles. The summed E-state index contributed by atoms with van der Waals surface area (Å²) in [6, 6.07) is 23.9. The number of benzene rings is 3. The van der Waals surface area contributed by atoms with E-state index in [2.05, 4.69) is 5.32 Å². The van der Waals surface area contributed by atoms with Gasteiger partial charge >= 0.3 is 6.09 Å². The molecule has 44 heavy (non-hydrogen) atoms. The van der Waals surface area contributed by atoms with Crippen LogP contribution in [0.4, 0.5) is 4.79 Å². The van der Waals surface area contributed by atoms with E-state index in [0.717, 1.165) is 17.5 Å². The molecule has 1 fully saturated rings. The maximum Gasteiger partial charge on any atom is 0.411 e. The van der Waals surface area contributed by atoms with Crippen molar-refractivity contribution in [3.05, 3.63) is 96.1 Å².